The molecule has 0 bridgehead atoms. The minimum Gasteiger partial charge on any atom is -0.462 e. The fourth-order valence-corrected chi connectivity index (χ4v) is 7.84. The smallest absolute Gasteiger partial charge is 0.306 e. The van der Waals surface area contributed by atoms with Crippen molar-refractivity contribution in [3.05, 3.63) is 24.3 Å². The molecule has 0 aromatic carbocycles. The Kier molecular flexibility index (Phi) is 45.1. The number of aliphatic hydroxyl groups is 2. The average molecular weight is 818 g/mol. The molecule has 0 spiro atoms. The molecule has 0 aromatic rings. The molecule has 0 radical (unpaired) electrons. The van der Waals surface area contributed by atoms with E-state index >= 15 is 0 Å². The Balaban J connectivity index is 4.54. The molecule has 3 unspecified atom stereocenters. The van der Waals surface area contributed by atoms with E-state index in [9.17, 15) is 19.8 Å². The number of amides is 1. The lowest BCUT2D eigenvalue weighted by Gasteiger charge is -2.24. The highest BCUT2D eigenvalue weighted by Gasteiger charge is 2.24. The van der Waals surface area contributed by atoms with Gasteiger partial charge in [-0.15, -0.1) is 0 Å². The van der Waals surface area contributed by atoms with Gasteiger partial charge in [-0.2, -0.15) is 0 Å². The van der Waals surface area contributed by atoms with Crippen molar-refractivity contribution in [2.24, 2.45) is 0 Å². The van der Waals surface area contributed by atoms with Crippen molar-refractivity contribution in [1.82, 2.24) is 5.32 Å². The van der Waals surface area contributed by atoms with Crippen LogP contribution in [0.15, 0.2) is 24.3 Å². The highest BCUT2D eigenvalue weighted by Crippen LogP contribution is 2.17. The zero-order chi connectivity index (χ0) is 42.4. The second-order valence-corrected chi connectivity index (χ2v) is 17.6. The van der Waals surface area contributed by atoms with Gasteiger partial charge < -0.3 is 20.3 Å². The van der Waals surface area contributed by atoms with Crippen LogP contribution in [-0.4, -0.2) is 46.9 Å². The lowest BCUT2D eigenvalue weighted by molar-refractivity contribution is -0.151. The van der Waals surface area contributed by atoms with Crippen LogP contribution in [0, 0.1) is 0 Å². The van der Waals surface area contributed by atoms with Crippen LogP contribution < -0.4 is 5.32 Å². The van der Waals surface area contributed by atoms with Crippen LogP contribution in [0.3, 0.4) is 0 Å². The molecule has 0 fully saturated rings. The van der Waals surface area contributed by atoms with Gasteiger partial charge in [0.1, 0.15) is 6.10 Å². The van der Waals surface area contributed by atoms with E-state index in [4.69, 9.17) is 4.74 Å². The van der Waals surface area contributed by atoms with Gasteiger partial charge in [-0.3, -0.25) is 9.59 Å². The van der Waals surface area contributed by atoms with E-state index in [1.165, 1.54) is 167 Å². The van der Waals surface area contributed by atoms with Gasteiger partial charge in [-0.25, -0.2) is 0 Å². The zero-order valence-corrected chi connectivity index (χ0v) is 38.9. The summed E-state index contributed by atoms with van der Waals surface area (Å²) in [6, 6.07) is -0.707. The van der Waals surface area contributed by atoms with Gasteiger partial charge in [-0.05, 0) is 70.6 Å². The molecule has 3 N–H and O–H groups in total. The lowest BCUT2D eigenvalue weighted by atomic mass is 10.0. The number of allylic oxidation sites excluding steroid dienone is 4. The third-order valence-electron chi connectivity index (χ3n) is 11.8. The highest BCUT2D eigenvalue weighted by atomic mass is 16.5. The van der Waals surface area contributed by atoms with E-state index in [0.717, 1.165) is 57.8 Å². The summed E-state index contributed by atoms with van der Waals surface area (Å²) in [5, 5.41) is 23.7. The molecular weight excluding hydrogens is 719 g/mol. The molecule has 58 heavy (non-hydrogen) atoms. The van der Waals surface area contributed by atoms with Crippen molar-refractivity contribution >= 4 is 11.9 Å². The molecule has 6 heteroatoms. The lowest BCUT2D eigenvalue weighted by Crippen LogP contribution is -2.46. The summed E-state index contributed by atoms with van der Waals surface area (Å²) >= 11 is 0. The SMILES string of the molecule is CCCCC/C=C\CCCCCCCC(=O)OC(CCC/C=C\CCCCCCCCC)CC(=O)NC(CO)C(O)CCCCCCCCCCCCCCCCC. The second kappa shape index (κ2) is 46.4. The molecule has 0 aromatic heterocycles. The first-order valence-electron chi connectivity index (χ1n) is 25.6. The Morgan fingerprint density at radius 3 is 1.29 bits per heavy atom. The Hall–Kier alpha value is -1.66. The monoisotopic (exact) mass is 818 g/mol. The summed E-state index contributed by atoms with van der Waals surface area (Å²) in [7, 11) is 0. The molecule has 0 rings (SSSR count). The number of rotatable bonds is 46. The number of ether oxygens (including phenoxy) is 1. The van der Waals surface area contributed by atoms with Gasteiger partial charge in [0.05, 0.1) is 25.2 Å². The van der Waals surface area contributed by atoms with Crippen LogP contribution >= 0.6 is 0 Å². The van der Waals surface area contributed by atoms with Gasteiger partial charge >= 0.3 is 5.97 Å². The number of hydrogen-bond donors (Lipinski definition) is 3. The molecule has 0 saturated heterocycles. The molecule has 0 aliphatic heterocycles. The summed E-state index contributed by atoms with van der Waals surface area (Å²) in [6.07, 6.45) is 52.4. The van der Waals surface area contributed by atoms with Crippen LogP contribution in [0.25, 0.3) is 0 Å². The summed E-state index contributed by atoms with van der Waals surface area (Å²) in [5.41, 5.74) is 0. The molecule has 6 nitrogen and oxygen atoms in total. The van der Waals surface area contributed by atoms with Gasteiger partial charge in [0, 0.05) is 6.42 Å². The Bertz CT molecular complexity index is 919. The predicted molar refractivity (Wildman–Crippen MR) is 250 cm³/mol. The normalized spacial score (nSPS) is 13.4. The molecule has 0 aliphatic carbocycles. The molecule has 0 heterocycles. The van der Waals surface area contributed by atoms with E-state index in [0.29, 0.717) is 19.3 Å². The Labute approximate surface area is 361 Å². The van der Waals surface area contributed by atoms with Crippen LogP contribution in [0.5, 0.6) is 0 Å². The number of esters is 1. The number of unbranched alkanes of at least 4 members (excludes halogenated alkanes) is 30. The first kappa shape index (κ1) is 56.3. The number of aliphatic hydroxyl groups excluding tert-OH is 2. The third-order valence-corrected chi connectivity index (χ3v) is 11.8. The standard InChI is InChI=1S/C52H99NO5/c1-4-7-10-13-16-19-22-25-26-27-29-32-35-38-41-44-50(55)49(47-54)53-51(56)46-48(43-40-37-34-31-28-23-20-17-14-11-8-5-2)58-52(57)45-42-39-36-33-30-24-21-18-15-12-9-6-3/h18,21,31,34,48-50,54-55H,4-17,19-20,22-30,32-33,35-47H2,1-3H3,(H,53,56)/b21-18-,34-31-. The topological polar surface area (TPSA) is 95.9 Å². The number of hydrogen-bond acceptors (Lipinski definition) is 5. The van der Waals surface area contributed by atoms with Gasteiger partial charge in [-0.1, -0.05) is 212 Å². The fraction of sp³-hybridized carbons (Fsp3) is 0.885. The third kappa shape index (κ3) is 41.1. The Morgan fingerprint density at radius 1 is 0.483 bits per heavy atom. The zero-order valence-electron chi connectivity index (χ0n) is 38.9. The van der Waals surface area contributed by atoms with Crippen molar-refractivity contribution in [1.29, 1.82) is 0 Å². The first-order valence-corrected chi connectivity index (χ1v) is 25.6. The second-order valence-electron chi connectivity index (χ2n) is 17.6. The molecule has 1 amide bonds. The van der Waals surface area contributed by atoms with Gasteiger partial charge in [0.15, 0.2) is 0 Å². The minimum absolute atomic E-state index is 0.0572. The molecule has 3 atom stereocenters. The van der Waals surface area contributed by atoms with E-state index in [2.05, 4.69) is 50.4 Å². The van der Waals surface area contributed by atoms with E-state index in [-0.39, 0.29) is 24.9 Å². The number of nitrogens with one attached hydrogen (secondary N) is 1. The molecule has 0 aliphatic rings. The van der Waals surface area contributed by atoms with Crippen molar-refractivity contribution in [2.45, 2.75) is 289 Å². The minimum atomic E-state index is -0.791. The van der Waals surface area contributed by atoms with Crippen molar-refractivity contribution in [2.75, 3.05) is 6.61 Å². The van der Waals surface area contributed by atoms with E-state index < -0.39 is 18.2 Å². The van der Waals surface area contributed by atoms with Crippen molar-refractivity contribution in [3.8, 4) is 0 Å². The van der Waals surface area contributed by atoms with E-state index in [1.54, 1.807) is 0 Å². The summed E-state index contributed by atoms with van der Waals surface area (Å²) in [5.74, 6) is -0.504. The number of carbonyl (C=O) groups is 2. The first-order chi connectivity index (χ1) is 28.5. The van der Waals surface area contributed by atoms with E-state index in [1.807, 2.05) is 0 Å². The predicted octanol–water partition coefficient (Wildman–Crippen LogP) is 15.1. The van der Waals surface area contributed by atoms with Crippen LogP contribution in [0.2, 0.25) is 0 Å². The summed E-state index contributed by atoms with van der Waals surface area (Å²) < 4.78 is 5.90. The summed E-state index contributed by atoms with van der Waals surface area (Å²) in [4.78, 5) is 26.1. The van der Waals surface area contributed by atoms with Crippen molar-refractivity contribution < 1.29 is 24.5 Å². The maximum Gasteiger partial charge on any atom is 0.306 e. The van der Waals surface area contributed by atoms with Crippen molar-refractivity contribution in [3.63, 3.8) is 0 Å². The number of carbonyl (C=O) groups excluding carboxylic acids is 2. The van der Waals surface area contributed by atoms with Gasteiger partial charge in [0.25, 0.3) is 0 Å². The molecular formula is C52H99NO5. The average Bonchev–Trinajstić information content (AvgIpc) is 3.22. The van der Waals surface area contributed by atoms with Gasteiger partial charge in [0.2, 0.25) is 5.91 Å². The highest BCUT2D eigenvalue weighted by molar-refractivity contribution is 5.77. The largest absolute Gasteiger partial charge is 0.462 e. The molecule has 0 saturated carbocycles. The molecule has 342 valence electrons. The van der Waals surface area contributed by atoms with Crippen LogP contribution in [-0.2, 0) is 14.3 Å². The fourth-order valence-electron chi connectivity index (χ4n) is 7.84. The quantitative estimate of drug-likeness (QED) is 0.0323. The Morgan fingerprint density at radius 2 is 0.845 bits per heavy atom. The maximum atomic E-state index is 13.2. The summed E-state index contributed by atoms with van der Waals surface area (Å²) in [6.45, 7) is 6.46. The van der Waals surface area contributed by atoms with Crippen LogP contribution in [0.1, 0.15) is 271 Å². The van der Waals surface area contributed by atoms with Crippen LogP contribution in [0.4, 0.5) is 0 Å². The maximum absolute atomic E-state index is 13.2.